The largest absolute Gasteiger partial charge is 0.376 e. The molecule has 1 aliphatic carbocycles. The summed E-state index contributed by atoms with van der Waals surface area (Å²) in [6.07, 6.45) is 8.38. The van der Waals surface area contributed by atoms with Crippen LogP contribution in [0, 0.1) is 12.8 Å². The summed E-state index contributed by atoms with van der Waals surface area (Å²) in [6, 6.07) is 10.3. The molecular weight excluding hydrogens is 482 g/mol. The third-order valence-corrected chi connectivity index (χ3v) is 7.57. The minimum atomic E-state index is -0.619. The highest BCUT2D eigenvalue weighted by atomic mass is 35.5. The van der Waals surface area contributed by atoms with Crippen molar-refractivity contribution in [2.45, 2.75) is 58.0 Å². The molecule has 184 valence electrons. The highest BCUT2D eigenvalue weighted by Crippen LogP contribution is 2.29. The van der Waals surface area contributed by atoms with E-state index in [1.54, 1.807) is 18.5 Å². The van der Waals surface area contributed by atoms with E-state index in [1.165, 1.54) is 24.2 Å². The molecule has 3 N–H and O–H groups in total. The molecule has 9 heteroatoms. The SMILES string of the molecule is Cc1cc(NC(=O)[C@H](CC2CCCC2)NC(=O)c2cnc([C@@H](C)Nc3cccc(Cl)c3)s2)ccn1. The van der Waals surface area contributed by atoms with Gasteiger partial charge >= 0.3 is 0 Å². The van der Waals surface area contributed by atoms with Crippen molar-refractivity contribution in [1.82, 2.24) is 15.3 Å². The lowest BCUT2D eigenvalue weighted by molar-refractivity contribution is -0.118. The maximum absolute atomic E-state index is 13.1. The first-order chi connectivity index (χ1) is 16.9. The van der Waals surface area contributed by atoms with Crippen molar-refractivity contribution in [3.8, 4) is 0 Å². The fourth-order valence-corrected chi connectivity index (χ4v) is 5.39. The van der Waals surface area contributed by atoms with Gasteiger partial charge in [0.05, 0.1) is 12.2 Å². The standard InChI is InChI=1S/C26H30ClN5O2S/c1-16-12-21(10-11-28-16)31-24(33)22(13-18-6-3-4-7-18)32-25(34)23-15-29-26(35-23)17(2)30-20-9-5-8-19(27)14-20/h5,8-12,14-15,17-18,22,30H,3-4,6-7,13H2,1-2H3,(H,32,34)(H,28,31,33)/t17-,22+/m1/s1. The van der Waals surface area contributed by atoms with Gasteiger partial charge in [-0.05, 0) is 56.5 Å². The molecule has 1 saturated carbocycles. The minimum absolute atomic E-state index is 0.104. The normalized spacial score (nSPS) is 15.4. The van der Waals surface area contributed by atoms with Crippen molar-refractivity contribution in [3.63, 3.8) is 0 Å². The van der Waals surface area contributed by atoms with Crippen LogP contribution in [0.5, 0.6) is 0 Å². The molecule has 2 atom stereocenters. The molecule has 1 aromatic carbocycles. The number of amides is 2. The van der Waals surface area contributed by atoms with Crippen LogP contribution in [0.3, 0.4) is 0 Å². The van der Waals surface area contributed by atoms with Gasteiger partial charge in [0, 0.05) is 28.3 Å². The topological polar surface area (TPSA) is 96.0 Å². The van der Waals surface area contributed by atoms with E-state index in [2.05, 4.69) is 25.9 Å². The number of pyridine rings is 1. The molecule has 0 aliphatic heterocycles. The van der Waals surface area contributed by atoms with Gasteiger partial charge in [-0.3, -0.25) is 14.6 Å². The molecule has 3 aromatic rings. The molecule has 0 radical (unpaired) electrons. The van der Waals surface area contributed by atoms with Crippen LogP contribution in [0.15, 0.2) is 48.8 Å². The summed E-state index contributed by atoms with van der Waals surface area (Å²) >= 11 is 7.39. The number of aryl methyl sites for hydroxylation is 1. The molecule has 2 heterocycles. The van der Waals surface area contributed by atoms with Crippen molar-refractivity contribution in [3.05, 3.63) is 69.4 Å². The lowest BCUT2D eigenvalue weighted by atomic mass is 9.97. The summed E-state index contributed by atoms with van der Waals surface area (Å²) in [5.41, 5.74) is 2.37. The van der Waals surface area contributed by atoms with E-state index in [1.807, 2.05) is 44.2 Å². The molecule has 2 amide bonds. The average Bonchev–Trinajstić information content (AvgIpc) is 3.51. The first-order valence-electron chi connectivity index (χ1n) is 11.9. The molecule has 0 unspecified atom stereocenters. The van der Waals surface area contributed by atoms with Crippen LogP contribution in [0.4, 0.5) is 11.4 Å². The van der Waals surface area contributed by atoms with Crippen molar-refractivity contribution in [2.24, 2.45) is 5.92 Å². The van der Waals surface area contributed by atoms with Crippen LogP contribution in [-0.4, -0.2) is 27.8 Å². The smallest absolute Gasteiger partial charge is 0.263 e. The molecule has 35 heavy (non-hydrogen) atoms. The Morgan fingerprint density at radius 2 is 1.94 bits per heavy atom. The van der Waals surface area contributed by atoms with Crippen LogP contribution in [0.1, 0.15) is 65.4 Å². The van der Waals surface area contributed by atoms with Gasteiger partial charge in [0.2, 0.25) is 5.91 Å². The predicted octanol–water partition coefficient (Wildman–Crippen LogP) is 5.99. The Balaban J connectivity index is 1.43. The minimum Gasteiger partial charge on any atom is -0.376 e. The Labute approximate surface area is 214 Å². The van der Waals surface area contributed by atoms with E-state index in [4.69, 9.17) is 11.6 Å². The van der Waals surface area contributed by atoms with E-state index in [0.717, 1.165) is 29.2 Å². The summed E-state index contributed by atoms with van der Waals surface area (Å²) < 4.78 is 0. The summed E-state index contributed by atoms with van der Waals surface area (Å²) in [5.74, 6) is -0.0616. The second kappa shape index (κ2) is 11.6. The number of carbonyl (C=O) groups is 2. The van der Waals surface area contributed by atoms with Gasteiger partial charge < -0.3 is 16.0 Å². The molecule has 1 fully saturated rings. The molecule has 2 aromatic heterocycles. The number of thiazole rings is 1. The van der Waals surface area contributed by atoms with Gasteiger partial charge in [-0.15, -0.1) is 11.3 Å². The Kier molecular flexibility index (Phi) is 8.36. The number of hydrogen-bond acceptors (Lipinski definition) is 6. The Morgan fingerprint density at radius 1 is 1.14 bits per heavy atom. The third-order valence-electron chi connectivity index (χ3n) is 6.16. The highest BCUT2D eigenvalue weighted by Gasteiger charge is 2.28. The zero-order valence-electron chi connectivity index (χ0n) is 19.9. The van der Waals surface area contributed by atoms with Crippen LogP contribution in [-0.2, 0) is 4.79 Å². The van der Waals surface area contributed by atoms with E-state index < -0.39 is 6.04 Å². The first kappa shape index (κ1) is 25.1. The Hall–Kier alpha value is -2.97. The number of halogens is 1. The fraction of sp³-hybridized carbons (Fsp3) is 0.385. The number of aromatic nitrogens is 2. The maximum Gasteiger partial charge on any atom is 0.263 e. The number of hydrogen-bond donors (Lipinski definition) is 3. The summed E-state index contributed by atoms with van der Waals surface area (Å²) in [7, 11) is 0. The fourth-order valence-electron chi connectivity index (χ4n) is 4.38. The van der Waals surface area contributed by atoms with E-state index in [0.29, 0.717) is 27.9 Å². The predicted molar refractivity (Wildman–Crippen MR) is 141 cm³/mol. The molecular formula is C26H30ClN5O2S. The number of nitrogens with one attached hydrogen (secondary N) is 3. The number of nitrogens with zero attached hydrogens (tertiary/aromatic N) is 2. The zero-order valence-corrected chi connectivity index (χ0v) is 21.5. The second-order valence-electron chi connectivity index (χ2n) is 9.03. The van der Waals surface area contributed by atoms with Gasteiger partial charge in [0.25, 0.3) is 5.91 Å². The Bertz CT molecular complexity index is 1180. The highest BCUT2D eigenvalue weighted by molar-refractivity contribution is 7.13. The van der Waals surface area contributed by atoms with E-state index >= 15 is 0 Å². The lowest BCUT2D eigenvalue weighted by Crippen LogP contribution is -2.44. The lowest BCUT2D eigenvalue weighted by Gasteiger charge is -2.21. The maximum atomic E-state index is 13.1. The second-order valence-corrected chi connectivity index (χ2v) is 10.5. The van der Waals surface area contributed by atoms with Gasteiger partial charge in [-0.2, -0.15) is 0 Å². The summed E-state index contributed by atoms with van der Waals surface area (Å²) in [6.45, 7) is 3.85. The number of rotatable bonds is 9. The number of anilines is 2. The molecule has 0 spiro atoms. The van der Waals surface area contributed by atoms with Gasteiger partial charge in [0.1, 0.15) is 15.9 Å². The monoisotopic (exact) mass is 511 g/mol. The Morgan fingerprint density at radius 3 is 2.69 bits per heavy atom. The first-order valence-corrected chi connectivity index (χ1v) is 13.1. The van der Waals surface area contributed by atoms with Crippen LogP contribution < -0.4 is 16.0 Å². The van der Waals surface area contributed by atoms with Gasteiger partial charge in [-0.1, -0.05) is 43.4 Å². The third kappa shape index (κ3) is 7.02. The van der Waals surface area contributed by atoms with Crippen molar-refractivity contribution in [1.29, 1.82) is 0 Å². The van der Waals surface area contributed by atoms with Gasteiger partial charge in [0.15, 0.2) is 0 Å². The van der Waals surface area contributed by atoms with Crippen LogP contribution in [0.2, 0.25) is 5.02 Å². The van der Waals surface area contributed by atoms with Crippen molar-refractivity contribution >= 4 is 46.1 Å². The molecule has 0 bridgehead atoms. The van der Waals surface area contributed by atoms with Crippen LogP contribution >= 0.6 is 22.9 Å². The molecule has 7 nitrogen and oxygen atoms in total. The van der Waals surface area contributed by atoms with Crippen molar-refractivity contribution in [2.75, 3.05) is 10.6 Å². The van der Waals surface area contributed by atoms with E-state index in [-0.39, 0.29) is 17.9 Å². The van der Waals surface area contributed by atoms with Gasteiger partial charge in [-0.25, -0.2) is 4.98 Å². The number of carbonyl (C=O) groups excluding carboxylic acids is 2. The van der Waals surface area contributed by atoms with E-state index in [9.17, 15) is 9.59 Å². The molecule has 0 saturated heterocycles. The summed E-state index contributed by atoms with van der Waals surface area (Å²) in [5, 5.41) is 10.7. The quantitative estimate of drug-likeness (QED) is 0.328. The average molecular weight is 512 g/mol. The molecule has 4 rings (SSSR count). The zero-order chi connectivity index (χ0) is 24.8. The van der Waals surface area contributed by atoms with Crippen LogP contribution in [0.25, 0.3) is 0 Å². The number of benzene rings is 1. The van der Waals surface area contributed by atoms with Crippen molar-refractivity contribution < 1.29 is 9.59 Å². The molecule has 1 aliphatic rings. The summed E-state index contributed by atoms with van der Waals surface area (Å²) in [4.78, 5) is 35.3.